The second kappa shape index (κ2) is 4.11. The highest BCUT2D eigenvalue weighted by atomic mass is 32.1. The first kappa shape index (κ1) is 9.82. The molecule has 0 fully saturated rings. The monoisotopic (exact) mass is 201 g/mol. The first-order chi connectivity index (χ1) is 6.16. The van der Waals surface area contributed by atoms with E-state index in [0.717, 1.165) is 5.01 Å². The Labute approximate surface area is 80.0 Å². The second-order valence-electron chi connectivity index (χ2n) is 2.23. The SMILES string of the molecule is NC(=O)N(NS)c1ccccc1F. The van der Waals surface area contributed by atoms with Crippen LogP contribution in [0.4, 0.5) is 14.9 Å². The van der Waals surface area contributed by atoms with Gasteiger partial charge in [0.1, 0.15) is 5.82 Å². The first-order valence-corrected chi connectivity index (χ1v) is 3.85. The zero-order chi connectivity index (χ0) is 9.84. The molecule has 0 saturated carbocycles. The Balaban J connectivity index is 3.04. The summed E-state index contributed by atoms with van der Waals surface area (Å²) < 4.78 is 13.1. The molecule has 0 aliphatic heterocycles. The quantitative estimate of drug-likeness (QED) is 0.495. The van der Waals surface area contributed by atoms with Gasteiger partial charge in [-0.2, -0.15) is 4.83 Å². The summed E-state index contributed by atoms with van der Waals surface area (Å²) in [5, 5.41) is 0.790. The molecular weight excluding hydrogens is 193 g/mol. The first-order valence-electron chi connectivity index (χ1n) is 3.40. The van der Waals surface area contributed by atoms with Crippen molar-refractivity contribution in [1.29, 1.82) is 0 Å². The molecule has 70 valence electrons. The number of urea groups is 1. The van der Waals surface area contributed by atoms with Gasteiger partial charge in [0.15, 0.2) is 0 Å². The van der Waals surface area contributed by atoms with E-state index < -0.39 is 11.8 Å². The van der Waals surface area contributed by atoms with Crippen molar-refractivity contribution in [3.63, 3.8) is 0 Å². The van der Waals surface area contributed by atoms with Crippen molar-refractivity contribution in [2.45, 2.75) is 0 Å². The minimum atomic E-state index is -0.833. The Morgan fingerprint density at radius 2 is 2.15 bits per heavy atom. The average molecular weight is 201 g/mol. The number of nitrogens with two attached hydrogens (primary N) is 1. The highest BCUT2D eigenvalue weighted by molar-refractivity contribution is 7.78. The van der Waals surface area contributed by atoms with Gasteiger partial charge in [-0.3, -0.25) is 0 Å². The fourth-order valence-corrected chi connectivity index (χ4v) is 1.06. The van der Waals surface area contributed by atoms with Crippen molar-refractivity contribution in [3.05, 3.63) is 30.1 Å². The summed E-state index contributed by atoms with van der Waals surface area (Å²) in [7, 11) is 0. The highest BCUT2D eigenvalue weighted by Crippen LogP contribution is 2.16. The van der Waals surface area contributed by atoms with Crippen LogP contribution in [0.5, 0.6) is 0 Å². The smallest absolute Gasteiger partial charge is 0.334 e. The number of hydrogen-bond acceptors (Lipinski definition) is 3. The minimum Gasteiger partial charge on any atom is -0.350 e. The van der Waals surface area contributed by atoms with Gasteiger partial charge >= 0.3 is 6.03 Å². The third-order valence-corrected chi connectivity index (χ3v) is 1.61. The fraction of sp³-hybridized carbons (Fsp3) is 0. The molecule has 1 aromatic carbocycles. The van der Waals surface area contributed by atoms with E-state index in [1.165, 1.54) is 18.2 Å². The van der Waals surface area contributed by atoms with Crippen molar-refractivity contribution >= 4 is 24.5 Å². The van der Waals surface area contributed by atoms with E-state index in [2.05, 4.69) is 17.6 Å². The summed E-state index contributed by atoms with van der Waals surface area (Å²) in [5.74, 6) is -0.553. The van der Waals surface area contributed by atoms with E-state index in [1.54, 1.807) is 6.07 Å². The summed E-state index contributed by atoms with van der Waals surface area (Å²) in [6.07, 6.45) is 0. The molecule has 3 N–H and O–H groups in total. The van der Waals surface area contributed by atoms with Crippen molar-refractivity contribution < 1.29 is 9.18 Å². The molecule has 0 spiro atoms. The number of amides is 2. The molecule has 0 saturated heterocycles. The molecular formula is C7H8FN3OS. The van der Waals surface area contributed by atoms with Gasteiger partial charge in [-0.05, 0) is 12.1 Å². The number of primary amides is 1. The van der Waals surface area contributed by atoms with Crippen LogP contribution in [0.25, 0.3) is 0 Å². The highest BCUT2D eigenvalue weighted by Gasteiger charge is 2.13. The Morgan fingerprint density at radius 1 is 1.54 bits per heavy atom. The van der Waals surface area contributed by atoms with Gasteiger partial charge in [0.05, 0.1) is 5.69 Å². The lowest BCUT2D eigenvalue weighted by Gasteiger charge is -2.17. The number of carbonyl (C=O) groups excluding carboxylic acids is 1. The van der Waals surface area contributed by atoms with E-state index in [-0.39, 0.29) is 5.69 Å². The van der Waals surface area contributed by atoms with E-state index in [9.17, 15) is 9.18 Å². The van der Waals surface area contributed by atoms with Crippen molar-refractivity contribution in [1.82, 2.24) is 4.83 Å². The molecule has 6 heteroatoms. The topological polar surface area (TPSA) is 58.4 Å². The van der Waals surface area contributed by atoms with Crippen LogP contribution in [0.2, 0.25) is 0 Å². The number of para-hydroxylation sites is 1. The van der Waals surface area contributed by atoms with Gasteiger partial charge in [0.25, 0.3) is 0 Å². The molecule has 0 radical (unpaired) electrons. The van der Waals surface area contributed by atoms with Crippen LogP contribution in [0.15, 0.2) is 24.3 Å². The maximum absolute atomic E-state index is 13.1. The number of nitrogens with zero attached hydrogens (tertiary/aromatic N) is 1. The van der Waals surface area contributed by atoms with E-state index in [4.69, 9.17) is 5.73 Å². The Hall–Kier alpha value is -1.27. The van der Waals surface area contributed by atoms with Crippen LogP contribution >= 0.6 is 12.8 Å². The molecule has 2 amide bonds. The van der Waals surface area contributed by atoms with Gasteiger partial charge in [-0.25, -0.2) is 14.2 Å². The normalized spacial score (nSPS) is 9.69. The minimum absolute atomic E-state index is 0.0324. The molecule has 0 aliphatic rings. The Kier molecular flexibility index (Phi) is 3.10. The van der Waals surface area contributed by atoms with E-state index in [0.29, 0.717) is 0 Å². The van der Waals surface area contributed by atoms with Crippen LogP contribution in [-0.2, 0) is 0 Å². The standard InChI is InChI=1S/C7H8FN3OS/c8-5-3-1-2-4-6(5)11(10-13)7(9)12/h1-4,10,13H,(H2,9,12). The summed E-state index contributed by atoms with van der Waals surface area (Å²) in [6.45, 7) is 0. The van der Waals surface area contributed by atoms with Gasteiger partial charge < -0.3 is 5.73 Å². The molecule has 4 nitrogen and oxygen atoms in total. The Bertz CT molecular complexity index is 320. The summed E-state index contributed by atoms with van der Waals surface area (Å²) in [4.78, 5) is 12.9. The summed E-state index contributed by atoms with van der Waals surface area (Å²) >= 11 is 3.62. The lowest BCUT2D eigenvalue weighted by molar-refractivity contribution is 0.253. The van der Waals surface area contributed by atoms with Crippen molar-refractivity contribution in [3.8, 4) is 0 Å². The Morgan fingerprint density at radius 3 is 2.62 bits per heavy atom. The molecule has 0 bridgehead atoms. The lowest BCUT2D eigenvalue weighted by Crippen LogP contribution is -2.42. The van der Waals surface area contributed by atoms with E-state index in [1.807, 2.05) is 0 Å². The maximum atomic E-state index is 13.1. The third kappa shape index (κ3) is 2.10. The predicted molar refractivity (Wildman–Crippen MR) is 50.6 cm³/mol. The fourth-order valence-electron chi connectivity index (χ4n) is 0.855. The second-order valence-corrected chi connectivity index (χ2v) is 2.43. The van der Waals surface area contributed by atoms with Crippen molar-refractivity contribution in [2.24, 2.45) is 5.73 Å². The summed E-state index contributed by atoms with van der Waals surface area (Å²) in [5.41, 5.74) is 4.99. The number of hydrazine groups is 1. The number of rotatable bonds is 2. The molecule has 0 unspecified atom stereocenters. The molecule has 0 aliphatic carbocycles. The number of benzene rings is 1. The maximum Gasteiger partial charge on any atom is 0.334 e. The molecule has 0 aromatic heterocycles. The number of anilines is 1. The number of hydrogen-bond donors (Lipinski definition) is 3. The molecule has 13 heavy (non-hydrogen) atoms. The van der Waals surface area contributed by atoms with Crippen LogP contribution in [0, 0.1) is 5.82 Å². The van der Waals surface area contributed by atoms with Gasteiger partial charge in [-0.1, -0.05) is 24.9 Å². The molecule has 0 heterocycles. The number of halogens is 1. The van der Waals surface area contributed by atoms with Crippen LogP contribution in [0.1, 0.15) is 0 Å². The zero-order valence-corrected chi connectivity index (χ0v) is 7.46. The third-order valence-electron chi connectivity index (χ3n) is 1.41. The van der Waals surface area contributed by atoms with E-state index >= 15 is 0 Å². The number of nitrogens with one attached hydrogen (secondary N) is 1. The van der Waals surface area contributed by atoms with Crippen LogP contribution in [0.3, 0.4) is 0 Å². The molecule has 1 rings (SSSR count). The lowest BCUT2D eigenvalue weighted by atomic mass is 10.3. The molecule has 1 aromatic rings. The zero-order valence-electron chi connectivity index (χ0n) is 6.57. The van der Waals surface area contributed by atoms with Crippen molar-refractivity contribution in [2.75, 3.05) is 5.01 Å². The van der Waals surface area contributed by atoms with Gasteiger partial charge in [0.2, 0.25) is 0 Å². The van der Waals surface area contributed by atoms with Gasteiger partial charge in [-0.15, -0.1) is 0 Å². The van der Waals surface area contributed by atoms with Gasteiger partial charge in [0, 0.05) is 0 Å². The average Bonchev–Trinajstić information content (AvgIpc) is 2.09. The summed E-state index contributed by atoms with van der Waals surface area (Å²) in [6, 6.07) is 4.88. The number of thiol groups is 1. The largest absolute Gasteiger partial charge is 0.350 e. The predicted octanol–water partition coefficient (Wildman–Crippen LogP) is 1.06. The number of carbonyl (C=O) groups is 1. The van der Waals surface area contributed by atoms with Crippen LogP contribution in [-0.4, -0.2) is 6.03 Å². The molecule has 0 atom stereocenters. The van der Waals surface area contributed by atoms with Crippen LogP contribution < -0.4 is 15.6 Å².